The van der Waals surface area contributed by atoms with Gasteiger partial charge in [-0.1, -0.05) is 11.6 Å². The summed E-state index contributed by atoms with van der Waals surface area (Å²) in [6, 6.07) is 17.2. The number of nitrogens with one attached hydrogen (secondary N) is 1. The average molecular weight is 549 g/mol. The van der Waals surface area contributed by atoms with E-state index >= 15 is 0 Å². The smallest absolute Gasteiger partial charge is 0.343 e. The maximum Gasteiger partial charge on any atom is 0.343 e. The second-order valence-electron chi connectivity index (χ2n) is 7.80. The predicted molar refractivity (Wildman–Crippen MR) is 145 cm³/mol. The van der Waals surface area contributed by atoms with Gasteiger partial charge in [-0.25, -0.2) is 9.59 Å². The Hall–Kier alpha value is -4.81. The molecule has 9 nitrogen and oxygen atoms in total. The third kappa shape index (κ3) is 7.60. The van der Waals surface area contributed by atoms with Crippen molar-refractivity contribution in [3.63, 3.8) is 0 Å². The number of anilines is 1. The molecular weight excluding hydrogens is 524 g/mol. The van der Waals surface area contributed by atoms with Crippen molar-refractivity contribution >= 4 is 41.2 Å². The van der Waals surface area contributed by atoms with E-state index in [1.807, 2.05) is 6.07 Å². The zero-order valence-corrected chi connectivity index (χ0v) is 22.2. The number of halogens is 1. The third-order valence-corrected chi connectivity index (χ3v) is 5.46. The van der Waals surface area contributed by atoms with Crippen molar-refractivity contribution in [2.24, 2.45) is 0 Å². The number of methoxy groups -OCH3 is 1. The summed E-state index contributed by atoms with van der Waals surface area (Å²) in [5.74, 6) is -1.07. The average Bonchev–Trinajstić information content (AvgIpc) is 2.94. The molecule has 1 amide bonds. The molecule has 0 saturated carbocycles. The number of carbonyl (C=O) groups excluding carboxylic acids is 3. The van der Waals surface area contributed by atoms with Gasteiger partial charge in [0.1, 0.15) is 17.4 Å². The molecule has 0 bridgehead atoms. The quantitative estimate of drug-likeness (QED) is 0.148. The summed E-state index contributed by atoms with van der Waals surface area (Å²) in [6.45, 7) is 3.93. The van der Waals surface area contributed by atoms with Crippen molar-refractivity contribution in [2.45, 2.75) is 13.8 Å². The van der Waals surface area contributed by atoms with Gasteiger partial charge < -0.3 is 24.3 Å². The third-order valence-electron chi connectivity index (χ3n) is 5.18. The molecule has 10 heteroatoms. The van der Waals surface area contributed by atoms with E-state index in [4.69, 9.17) is 30.5 Å². The highest BCUT2D eigenvalue weighted by atomic mass is 35.5. The van der Waals surface area contributed by atoms with E-state index in [0.717, 1.165) is 0 Å². The molecule has 3 rings (SSSR count). The Labute approximate surface area is 230 Å². The fourth-order valence-electron chi connectivity index (χ4n) is 3.33. The van der Waals surface area contributed by atoms with Crippen LogP contribution in [0.5, 0.6) is 17.2 Å². The second-order valence-corrected chi connectivity index (χ2v) is 8.21. The molecule has 200 valence electrons. The molecule has 1 N–H and O–H groups in total. The molecule has 0 aliphatic rings. The Balaban J connectivity index is 1.82. The van der Waals surface area contributed by atoms with Crippen LogP contribution in [0.3, 0.4) is 0 Å². The van der Waals surface area contributed by atoms with Crippen LogP contribution in [-0.4, -0.2) is 38.2 Å². The van der Waals surface area contributed by atoms with Crippen LogP contribution < -0.4 is 19.5 Å². The Morgan fingerprint density at radius 2 is 1.59 bits per heavy atom. The number of carbonyl (C=O) groups is 3. The Morgan fingerprint density at radius 1 is 0.949 bits per heavy atom. The summed E-state index contributed by atoms with van der Waals surface area (Å²) < 4.78 is 21.2. The highest BCUT2D eigenvalue weighted by Crippen LogP contribution is 2.38. The van der Waals surface area contributed by atoms with Gasteiger partial charge in [-0.3, -0.25) is 4.79 Å². The summed E-state index contributed by atoms with van der Waals surface area (Å²) in [5.41, 5.74) is 1.14. The Morgan fingerprint density at radius 3 is 2.18 bits per heavy atom. The maximum absolute atomic E-state index is 12.7. The minimum atomic E-state index is -0.675. The normalized spacial score (nSPS) is 10.7. The highest BCUT2D eigenvalue weighted by molar-refractivity contribution is 6.32. The van der Waals surface area contributed by atoms with Crippen LogP contribution in [0.15, 0.2) is 66.2 Å². The van der Waals surface area contributed by atoms with Crippen LogP contribution >= 0.6 is 11.6 Å². The minimum absolute atomic E-state index is 0.00105. The zero-order chi connectivity index (χ0) is 28.4. The summed E-state index contributed by atoms with van der Waals surface area (Å²) in [5, 5.41) is 12.3. The first-order valence-corrected chi connectivity index (χ1v) is 12.2. The molecular formula is C29H25ClN2O7. The van der Waals surface area contributed by atoms with E-state index in [-0.39, 0.29) is 40.9 Å². The first-order valence-electron chi connectivity index (χ1n) is 11.8. The van der Waals surface area contributed by atoms with Crippen molar-refractivity contribution in [1.29, 1.82) is 5.26 Å². The van der Waals surface area contributed by atoms with Crippen molar-refractivity contribution < 1.29 is 33.3 Å². The maximum atomic E-state index is 12.7. The van der Waals surface area contributed by atoms with Crippen LogP contribution in [0.1, 0.15) is 40.1 Å². The molecule has 0 radical (unpaired) electrons. The molecule has 0 fully saturated rings. The number of rotatable bonds is 10. The van der Waals surface area contributed by atoms with Gasteiger partial charge in [0.2, 0.25) is 0 Å². The molecule has 0 spiro atoms. The van der Waals surface area contributed by atoms with Gasteiger partial charge >= 0.3 is 11.9 Å². The molecule has 3 aromatic rings. The number of benzene rings is 3. The molecule has 39 heavy (non-hydrogen) atoms. The largest absolute Gasteiger partial charge is 0.497 e. The van der Waals surface area contributed by atoms with E-state index in [1.54, 1.807) is 38.1 Å². The molecule has 0 aliphatic carbocycles. The summed E-state index contributed by atoms with van der Waals surface area (Å²) in [6.07, 6.45) is 1.33. The summed E-state index contributed by atoms with van der Waals surface area (Å²) >= 11 is 6.42. The van der Waals surface area contributed by atoms with E-state index in [2.05, 4.69) is 5.32 Å². The lowest BCUT2D eigenvalue weighted by Gasteiger charge is -2.14. The topological polar surface area (TPSA) is 124 Å². The van der Waals surface area contributed by atoms with Crippen molar-refractivity contribution in [2.75, 3.05) is 25.6 Å². The molecule has 0 aromatic heterocycles. The zero-order valence-electron chi connectivity index (χ0n) is 21.4. The van der Waals surface area contributed by atoms with E-state index < -0.39 is 17.8 Å². The number of nitriles is 1. The Kier molecular flexibility index (Phi) is 10.1. The number of ether oxygens (including phenoxy) is 4. The summed E-state index contributed by atoms with van der Waals surface area (Å²) in [7, 11) is 1.52. The lowest BCUT2D eigenvalue weighted by atomic mass is 10.1. The molecule has 0 saturated heterocycles. The number of amides is 1. The predicted octanol–water partition coefficient (Wildman–Crippen LogP) is 5.69. The second kappa shape index (κ2) is 13.7. The fourth-order valence-corrected chi connectivity index (χ4v) is 3.59. The van der Waals surface area contributed by atoms with Gasteiger partial charge in [-0.15, -0.1) is 0 Å². The van der Waals surface area contributed by atoms with Gasteiger partial charge in [-0.05, 0) is 86.2 Å². The van der Waals surface area contributed by atoms with E-state index in [1.165, 1.54) is 49.6 Å². The minimum Gasteiger partial charge on any atom is -0.497 e. The molecule has 0 aliphatic heterocycles. The number of hydrogen-bond acceptors (Lipinski definition) is 8. The highest BCUT2D eigenvalue weighted by Gasteiger charge is 2.19. The molecule has 0 atom stereocenters. The number of nitrogens with zero attached hydrogens (tertiary/aromatic N) is 1. The van der Waals surface area contributed by atoms with Crippen molar-refractivity contribution in [1.82, 2.24) is 0 Å². The van der Waals surface area contributed by atoms with Gasteiger partial charge in [0.15, 0.2) is 11.5 Å². The lowest BCUT2D eigenvalue weighted by molar-refractivity contribution is -0.112. The standard InChI is InChI=1S/C29H25ClN2O7/c1-4-37-25-16-18(15-24(30)26(25)39-29(35)20-8-12-23(36-3)13-9-20)14-21(17-31)27(33)32-22-10-6-19(7-11-22)28(34)38-5-2/h6-16H,4-5H2,1-3H3,(H,32,33)/b21-14+. The molecule has 3 aromatic carbocycles. The Bertz CT molecular complexity index is 1430. The SMILES string of the molecule is CCOC(=O)c1ccc(NC(=O)/C(C#N)=C/c2cc(Cl)c(OC(=O)c3ccc(OC)cc3)c(OCC)c2)cc1. The molecule has 0 heterocycles. The first-order chi connectivity index (χ1) is 18.8. The van der Waals surface area contributed by atoms with Gasteiger partial charge in [0.25, 0.3) is 5.91 Å². The first kappa shape index (κ1) is 28.8. The van der Waals surface area contributed by atoms with E-state index in [0.29, 0.717) is 22.6 Å². The van der Waals surface area contributed by atoms with Crippen LogP contribution in [-0.2, 0) is 9.53 Å². The van der Waals surface area contributed by atoms with Gasteiger partial charge in [0.05, 0.1) is 36.5 Å². The monoisotopic (exact) mass is 548 g/mol. The van der Waals surface area contributed by atoms with Crippen LogP contribution in [0.4, 0.5) is 5.69 Å². The van der Waals surface area contributed by atoms with Gasteiger partial charge in [-0.2, -0.15) is 5.26 Å². The summed E-state index contributed by atoms with van der Waals surface area (Å²) in [4.78, 5) is 37.2. The van der Waals surface area contributed by atoms with E-state index in [9.17, 15) is 19.6 Å². The number of esters is 2. The van der Waals surface area contributed by atoms with Crippen molar-refractivity contribution in [3.8, 4) is 23.3 Å². The van der Waals surface area contributed by atoms with Gasteiger partial charge in [0, 0.05) is 5.69 Å². The van der Waals surface area contributed by atoms with Crippen LogP contribution in [0, 0.1) is 11.3 Å². The van der Waals surface area contributed by atoms with Crippen molar-refractivity contribution in [3.05, 3.63) is 87.9 Å². The fraction of sp³-hybridized carbons (Fsp3) is 0.172. The number of hydrogen-bond donors (Lipinski definition) is 1. The lowest BCUT2D eigenvalue weighted by Crippen LogP contribution is -2.14. The van der Waals surface area contributed by atoms with Crippen LogP contribution in [0.25, 0.3) is 6.08 Å². The van der Waals surface area contributed by atoms with Crippen LogP contribution in [0.2, 0.25) is 5.02 Å². The molecule has 0 unspecified atom stereocenters.